The van der Waals surface area contributed by atoms with Gasteiger partial charge in [0.2, 0.25) is 0 Å². The molecule has 15 heavy (non-hydrogen) atoms. The zero-order valence-corrected chi connectivity index (χ0v) is 9.32. The van der Waals surface area contributed by atoms with E-state index in [0.717, 1.165) is 12.8 Å². The van der Waals surface area contributed by atoms with Crippen LogP contribution in [0.1, 0.15) is 43.5 Å². The van der Waals surface area contributed by atoms with Crippen LogP contribution in [0.2, 0.25) is 0 Å². The highest BCUT2D eigenvalue weighted by Crippen LogP contribution is 2.13. The quantitative estimate of drug-likeness (QED) is 0.673. The molecule has 0 aromatic carbocycles. The van der Waals surface area contributed by atoms with Crippen LogP contribution in [-0.2, 0) is 0 Å². The maximum absolute atomic E-state index is 11.6. The fraction of sp³-hybridized carbons (Fsp3) is 0.500. The van der Waals surface area contributed by atoms with Gasteiger partial charge in [0.05, 0.1) is 12.8 Å². The molecule has 3 nitrogen and oxygen atoms in total. The smallest absolute Gasteiger partial charge is 0.164 e. The average Bonchev–Trinajstić information content (AvgIpc) is 2.27. The molecule has 0 saturated carbocycles. The third-order valence-electron chi connectivity index (χ3n) is 1.99. The van der Waals surface area contributed by atoms with Crippen LogP contribution in [0.25, 0.3) is 0 Å². The zero-order valence-electron chi connectivity index (χ0n) is 9.32. The maximum atomic E-state index is 11.6. The summed E-state index contributed by atoms with van der Waals surface area (Å²) in [7, 11) is 0. The molecule has 0 fully saturated rings. The predicted octanol–water partition coefficient (Wildman–Crippen LogP) is 2.85. The molecule has 0 aliphatic rings. The number of hydrogen-bond donors (Lipinski definition) is 0. The van der Waals surface area contributed by atoms with Crippen LogP contribution in [0.5, 0.6) is 5.75 Å². The molecule has 0 radical (unpaired) electrons. The minimum Gasteiger partial charge on any atom is -0.492 e. The van der Waals surface area contributed by atoms with Crippen LogP contribution in [-0.4, -0.2) is 17.4 Å². The van der Waals surface area contributed by atoms with E-state index in [1.54, 1.807) is 18.5 Å². The fourth-order valence-corrected chi connectivity index (χ4v) is 1.24. The summed E-state index contributed by atoms with van der Waals surface area (Å²) in [4.78, 5) is 15.6. The molecule has 0 aliphatic carbocycles. The second kappa shape index (κ2) is 6.17. The normalized spacial score (nSPS) is 10.0. The second-order valence-electron chi connectivity index (χ2n) is 3.43. The van der Waals surface area contributed by atoms with Gasteiger partial charge < -0.3 is 4.74 Å². The molecule has 3 heteroatoms. The summed E-state index contributed by atoms with van der Waals surface area (Å²) in [5.74, 6) is 0.811. The third kappa shape index (κ3) is 3.70. The summed E-state index contributed by atoms with van der Waals surface area (Å²) in [5, 5.41) is 0. The summed E-state index contributed by atoms with van der Waals surface area (Å²) < 4.78 is 5.41. The van der Waals surface area contributed by atoms with Crippen molar-refractivity contribution in [3.63, 3.8) is 0 Å². The van der Waals surface area contributed by atoms with Gasteiger partial charge in [-0.1, -0.05) is 13.8 Å². The highest BCUT2D eigenvalue weighted by molar-refractivity contribution is 5.96. The van der Waals surface area contributed by atoms with Crippen molar-refractivity contribution in [2.75, 3.05) is 6.61 Å². The Morgan fingerprint density at radius 2 is 2.13 bits per heavy atom. The SMILES string of the molecule is CCCOc1cncc(C(=O)CCC)c1. The van der Waals surface area contributed by atoms with Crippen molar-refractivity contribution in [2.45, 2.75) is 33.1 Å². The van der Waals surface area contributed by atoms with E-state index >= 15 is 0 Å². The van der Waals surface area contributed by atoms with Crippen molar-refractivity contribution in [1.29, 1.82) is 0 Å². The van der Waals surface area contributed by atoms with Crippen LogP contribution >= 0.6 is 0 Å². The van der Waals surface area contributed by atoms with Gasteiger partial charge in [0.15, 0.2) is 5.78 Å². The molecule has 82 valence electrons. The molecule has 0 spiro atoms. The summed E-state index contributed by atoms with van der Waals surface area (Å²) >= 11 is 0. The van der Waals surface area contributed by atoms with Gasteiger partial charge in [-0.05, 0) is 18.9 Å². The first-order chi connectivity index (χ1) is 7.27. The molecule has 0 atom stereocenters. The number of rotatable bonds is 6. The van der Waals surface area contributed by atoms with E-state index < -0.39 is 0 Å². The number of carbonyl (C=O) groups excluding carboxylic acids is 1. The topological polar surface area (TPSA) is 39.2 Å². The van der Waals surface area contributed by atoms with Gasteiger partial charge in [-0.3, -0.25) is 9.78 Å². The second-order valence-corrected chi connectivity index (χ2v) is 3.43. The fourth-order valence-electron chi connectivity index (χ4n) is 1.24. The van der Waals surface area contributed by atoms with Crippen molar-refractivity contribution in [3.05, 3.63) is 24.0 Å². The van der Waals surface area contributed by atoms with Crippen LogP contribution in [0.4, 0.5) is 0 Å². The lowest BCUT2D eigenvalue weighted by Crippen LogP contribution is -2.01. The molecular weight excluding hydrogens is 190 g/mol. The number of nitrogens with zero attached hydrogens (tertiary/aromatic N) is 1. The monoisotopic (exact) mass is 207 g/mol. The summed E-state index contributed by atoms with van der Waals surface area (Å²) in [6.45, 7) is 4.69. The highest BCUT2D eigenvalue weighted by atomic mass is 16.5. The van der Waals surface area contributed by atoms with E-state index in [2.05, 4.69) is 4.98 Å². The molecule has 1 rings (SSSR count). The Kier molecular flexibility index (Phi) is 4.81. The number of hydrogen-bond acceptors (Lipinski definition) is 3. The summed E-state index contributed by atoms with van der Waals surface area (Å²) in [6, 6.07) is 1.76. The molecular formula is C12H17NO2. The Morgan fingerprint density at radius 1 is 1.33 bits per heavy atom. The lowest BCUT2D eigenvalue weighted by atomic mass is 10.1. The van der Waals surface area contributed by atoms with Crippen molar-refractivity contribution in [3.8, 4) is 5.75 Å². The molecule has 0 amide bonds. The highest BCUT2D eigenvalue weighted by Gasteiger charge is 2.06. The first-order valence-corrected chi connectivity index (χ1v) is 5.39. The van der Waals surface area contributed by atoms with Crippen molar-refractivity contribution in [1.82, 2.24) is 4.98 Å². The summed E-state index contributed by atoms with van der Waals surface area (Å²) in [6.07, 6.45) is 5.61. The maximum Gasteiger partial charge on any atom is 0.164 e. The van der Waals surface area contributed by atoms with E-state index in [1.165, 1.54) is 0 Å². The molecule has 0 aliphatic heterocycles. The van der Waals surface area contributed by atoms with E-state index in [-0.39, 0.29) is 5.78 Å². The molecule has 1 heterocycles. The van der Waals surface area contributed by atoms with Crippen LogP contribution in [0.3, 0.4) is 0 Å². The Bertz CT molecular complexity index is 323. The average molecular weight is 207 g/mol. The number of Topliss-reactive ketones (excluding diaryl/α,β-unsaturated/α-hetero) is 1. The largest absolute Gasteiger partial charge is 0.492 e. The van der Waals surface area contributed by atoms with E-state index in [4.69, 9.17) is 4.74 Å². The molecule has 1 aromatic rings. The standard InChI is InChI=1S/C12H17NO2/c1-3-5-12(14)10-7-11(9-13-8-10)15-6-4-2/h7-9H,3-6H2,1-2H3. The molecule has 0 bridgehead atoms. The molecule has 0 N–H and O–H groups in total. The van der Waals surface area contributed by atoms with Gasteiger partial charge in [0, 0.05) is 18.2 Å². The van der Waals surface area contributed by atoms with Gasteiger partial charge in [0.25, 0.3) is 0 Å². The van der Waals surface area contributed by atoms with Crippen molar-refractivity contribution in [2.24, 2.45) is 0 Å². The molecule has 0 unspecified atom stereocenters. The number of carbonyl (C=O) groups is 1. The number of pyridine rings is 1. The molecule has 1 aromatic heterocycles. The first-order valence-electron chi connectivity index (χ1n) is 5.39. The minimum atomic E-state index is 0.131. The molecule has 0 saturated heterocycles. The van der Waals surface area contributed by atoms with E-state index in [0.29, 0.717) is 24.3 Å². The minimum absolute atomic E-state index is 0.131. The van der Waals surface area contributed by atoms with Gasteiger partial charge in [-0.15, -0.1) is 0 Å². The number of ether oxygens (including phenoxy) is 1. The number of ketones is 1. The van der Waals surface area contributed by atoms with Gasteiger partial charge in [-0.25, -0.2) is 0 Å². The van der Waals surface area contributed by atoms with E-state index in [1.807, 2.05) is 13.8 Å². The first kappa shape index (κ1) is 11.7. The van der Waals surface area contributed by atoms with Crippen molar-refractivity contribution < 1.29 is 9.53 Å². The Morgan fingerprint density at radius 3 is 2.80 bits per heavy atom. The Balaban J connectivity index is 2.69. The van der Waals surface area contributed by atoms with Gasteiger partial charge in [-0.2, -0.15) is 0 Å². The summed E-state index contributed by atoms with van der Waals surface area (Å²) in [5.41, 5.74) is 0.644. The van der Waals surface area contributed by atoms with Crippen LogP contribution in [0, 0.1) is 0 Å². The van der Waals surface area contributed by atoms with Gasteiger partial charge in [0.1, 0.15) is 5.75 Å². The lowest BCUT2D eigenvalue weighted by Gasteiger charge is -2.05. The number of aromatic nitrogens is 1. The van der Waals surface area contributed by atoms with E-state index in [9.17, 15) is 4.79 Å². The van der Waals surface area contributed by atoms with Crippen molar-refractivity contribution >= 4 is 5.78 Å². The lowest BCUT2D eigenvalue weighted by molar-refractivity contribution is 0.0981. The van der Waals surface area contributed by atoms with Crippen LogP contribution in [0.15, 0.2) is 18.5 Å². The predicted molar refractivity (Wildman–Crippen MR) is 59.3 cm³/mol. The zero-order chi connectivity index (χ0) is 11.1. The third-order valence-corrected chi connectivity index (χ3v) is 1.99. The van der Waals surface area contributed by atoms with Crippen LogP contribution < -0.4 is 4.74 Å². The Hall–Kier alpha value is -1.38. The Labute approximate surface area is 90.5 Å². The van der Waals surface area contributed by atoms with Gasteiger partial charge >= 0.3 is 0 Å².